The number of hydrogen-bond acceptors (Lipinski definition) is 4. The van der Waals surface area contributed by atoms with Gasteiger partial charge in [0.2, 0.25) is 0 Å². The van der Waals surface area contributed by atoms with Crippen LogP contribution in [0.1, 0.15) is 36.8 Å². The summed E-state index contributed by atoms with van der Waals surface area (Å²) in [5, 5.41) is 14.4. The molecular formula is C15H22N2O3. The number of benzene rings is 1. The quantitative estimate of drug-likeness (QED) is 0.664. The molecule has 0 radical (unpaired) electrons. The lowest BCUT2D eigenvalue weighted by atomic mass is 9.92. The second-order valence-corrected chi connectivity index (χ2v) is 5.36. The van der Waals surface area contributed by atoms with Gasteiger partial charge in [-0.3, -0.25) is 10.1 Å². The third kappa shape index (κ3) is 3.35. The highest BCUT2D eigenvalue weighted by atomic mass is 16.6. The molecule has 1 N–H and O–H groups in total. The summed E-state index contributed by atoms with van der Waals surface area (Å²) in [5.74, 6) is 0. The van der Waals surface area contributed by atoms with Gasteiger partial charge in [0.1, 0.15) is 0 Å². The first-order valence-corrected chi connectivity index (χ1v) is 7.12. The zero-order valence-electron chi connectivity index (χ0n) is 12.1. The normalized spacial score (nSPS) is 22.7. The molecule has 0 saturated heterocycles. The van der Waals surface area contributed by atoms with Crippen LogP contribution in [0.15, 0.2) is 18.2 Å². The molecule has 0 spiro atoms. The second kappa shape index (κ2) is 6.81. The molecule has 5 nitrogen and oxygen atoms in total. The molecule has 0 heterocycles. The number of hydrogen-bond donors (Lipinski definition) is 1. The van der Waals surface area contributed by atoms with E-state index >= 15 is 0 Å². The van der Waals surface area contributed by atoms with Gasteiger partial charge in [-0.15, -0.1) is 0 Å². The molecule has 0 amide bonds. The Morgan fingerprint density at radius 1 is 1.40 bits per heavy atom. The van der Waals surface area contributed by atoms with E-state index in [1.807, 2.05) is 13.0 Å². The van der Waals surface area contributed by atoms with Crippen LogP contribution < -0.4 is 5.32 Å². The smallest absolute Gasteiger partial charge is 0.272 e. The summed E-state index contributed by atoms with van der Waals surface area (Å²) in [6.07, 6.45) is 4.87. The van der Waals surface area contributed by atoms with Gasteiger partial charge in [0.25, 0.3) is 5.69 Å². The van der Waals surface area contributed by atoms with Crippen molar-refractivity contribution in [2.75, 3.05) is 7.11 Å². The fraction of sp³-hybridized carbons (Fsp3) is 0.600. The van der Waals surface area contributed by atoms with Gasteiger partial charge in [-0.05, 0) is 25.3 Å². The minimum Gasteiger partial charge on any atom is -0.380 e. The van der Waals surface area contributed by atoms with E-state index in [-0.39, 0.29) is 16.7 Å². The monoisotopic (exact) mass is 278 g/mol. The lowest BCUT2D eigenvalue weighted by Gasteiger charge is -2.31. The molecule has 1 aromatic rings. The summed E-state index contributed by atoms with van der Waals surface area (Å²) in [7, 11) is 1.75. The van der Waals surface area contributed by atoms with Crippen molar-refractivity contribution in [1.82, 2.24) is 5.32 Å². The third-order valence-electron chi connectivity index (χ3n) is 4.17. The standard InChI is InChI=1S/C15H22N2O3/c1-11-12(6-5-8-14(11)17(18)19)10-16-13-7-3-4-9-15(13)20-2/h5-6,8,13,15-16H,3-4,7,9-10H2,1-2H3. The highest BCUT2D eigenvalue weighted by molar-refractivity contribution is 5.44. The summed E-state index contributed by atoms with van der Waals surface area (Å²) in [5.41, 5.74) is 1.92. The predicted octanol–water partition coefficient (Wildman–Crippen LogP) is 2.95. The summed E-state index contributed by atoms with van der Waals surface area (Å²) < 4.78 is 5.51. The summed E-state index contributed by atoms with van der Waals surface area (Å²) in [4.78, 5) is 10.6. The number of rotatable bonds is 5. The highest BCUT2D eigenvalue weighted by Crippen LogP contribution is 2.23. The van der Waals surface area contributed by atoms with E-state index in [1.54, 1.807) is 19.2 Å². The first-order chi connectivity index (χ1) is 9.63. The lowest BCUT2D eigenvalue weighted by Crippen LogP contribution is -2.42. The third-order valence-corrected chi connectivity index (χ3v) is 4.17. The molecule has 20 heavy (non-hydrogen) atoms. The van der Waals surface area contributed by atoms with Gasteiger partial charge in [-0.2, -0.15) is 0 Å². The van der Waals surface area contributed by atoms with Crippen molar-refractivity contribution in [2.24, 2.45) is 0 Å². The second-order valence-electron chi connectivity index (χ2n) is 5.36. The van der Waals surface area contributed by atoms with Gasteiger partial charge >= 0.3 is 0 Å². The van der Waals surface area contributed by atoms with Crippen molar-refractivity contribution in [2.45, 2.75) is 51.3 Å². The maximum atomic E-state index is 10.9. The van der Waals surface area contributed by atoms with E-state index in [0.717, 1.165) is 24.0 Å². The molecule has 1 aromatic carbocycles. The van der Waals surface area contributed by atoms with Gasteiger partial charge in [0.15, 0.2) is 0 Å². The van der Waals surface area contributed by atoms with Crippen molar-refractivity contribution < 1.29 is 9.66 Å². The fourth-order valence-corrected chi connectivity index (χ4v) is 2.91. The number of nitro groups is 1. The Hall–Kier alpha value is -1.46. The van der Waals surface area contributed by atoms with Gasteiger partial charge in [0, 0.05) is 31.3 Å². The van der Waals surface area contributed by atoms with Crippen LogP contribution in [0.5, 0.6) is 0 Å². The first kappa shape index (κ1) is 14.9. The highest BCUT2D eigenvalue weighted by Gasteiger charge is 2.24. The van der Waals surface area contributed by atoms with Crippen molar-refractivity contribution in [3.63, 3.8) is 0 Å². The molecule has 0 bridgehead atoms. The number of methoxy groups -OCH3 is 1. The fourth-order valence-electron chi connectivity index (χ4n) is 2.91. The molecule has 110 valence electrons. The summed E-state index contributed by atoms with van der Waals surface area (Å²) in [6.45, 7) is 2.46. The van der Waals surface area contributed by atoms with Crippen molar-refractivity contribution >= 4 is 5.69 Å². The molecule has 1 saturated carbocycles. The first-order valence-electron chi connectivity index (χ1n) is 7.12. The zero-order chi connectivity index (χ0) is 14.5. The number of nitro benzene ring substituents is 1. The average molecular weight is 278 g/mol. The minimum absolute atomic E-state index is 0.191. The minimum atomic E-state index is -0.322. The molecule has 1 aliphatic rings. The van der Waals surface area contributed by atoms with Crippen LogP contribution in [0, 0.1) is 17.0 Å². The summed E-state index contributed by atoms with van der Waals surface area (Å²) in [6, 6.07) is 5.58. The SMILES string of the molecule is COC1CCCCC1NCc1cccc([N+](=O)[O-])c1C. The van der Waals surface area contributed by atoms with E-state index in [9.17, 15) is 10.1 Å². The summed E-state index contributed by atoms with van der Waals surface area (Å²) >= 11 is 0. The van der Waals surface area contributed by atoms with Gasteiger partial charge in [-0.25, -0.2) is 0 Å². The van der Waals surface area contributed by atoms with E-state index < -0.39 is 0 Å². The molecule has 2 atom stereocenters. The van der Waals surface area contributed by atoms with Gasteiger partial charge in [-0.1, -0.05) is 25.0 Å². The van der Waals surface area contributed by atoms with Crippen LogP contribution in [0.25, 0.3) is 0 Å². The molecule has 2 rings (SSSR count). The Bertz CT molecular complexity index is 476. The van der Waals surface area contributed by atoms with E-state index in [1.165, 1.54) is 12.8 Å². The molecule has 5 heteroatoms. The number of nitrogens with one attached hydrogen (secondary N) is 1. The predicted molar refractivity (Wildman–Crippen MR) is 77.7 cm³/mol. The molecule has 0 aromatic heterocycles. The molecule has 1 aliphatic carbocycles. The topological polar surface area (TPSA) is 64.4 Å². The van der Waals surface area contributed by atoms with Crippen LogP contribution in [0.4, 0.5) is 5.69 Å². The van der Waals surface area contributed by atoms with Crippen LogP contribution in [-0.4, -0.2) is 24.2 Å². The van der Waals surface area contributed by atoms with Gasteiger partial charge in [0.05, 0.1) is 11.0 Å². The molecular weight excluding hydrogens is 256 g/mol. The Labute approximate surface area is 119 Å². The van der Waals surface area contributed by atoms with Crippen LogP contribution in [0.2, 0.25) is 0 Å². The Morgan fingerprint density at radius 3 is 2.85 bits per heavy atom. The number of ether oxygens (including phenoxy) is 1. The largest absolute Gasteiger partial charge is 0.380 e. The van der Waals surface area contributed by atoms with Crippen molar-refractivity contribution in [3.8, 4) is 0 Å². The van der Waals surface area contributed by atoms with Gasteiger partial charge < -0.3 is 10.1 Å². The zero-order valence-corrected chi connectivity index (χ0v) is 12.1. The lowest BCUT2D eigenvalue weighted by molar-refractivity contribution is -0.385. The van der Waals surface area contributed by atoms with Crippen molar-refractivity contribution in [3.05, 3.63) is 39.4 Å². The molecule has 2 unspecified atom stereocenters. The van der Waals surface area contributed by atoms with Crippen LogP contribution in [-0.2, 0) is 11.3 Å². The van der Waals surface area contributed by atoms with Crippen molar-refractivity contribution in [1.29, 1.82) is 0 Å². The molecule has 0 aliphatic heterocycles. The van der Waals surface area contributed by atoms with E-state index in [2.05, 4.69) is 5.32 Å². The van der Waals surface area contributed by atoms with Crippen LogP contribution >= 0.6 is 0 Å². The Kier molecular flexibility index (Phi) is 5.09. The van der Waals surface area contributed by atoms with Crippen LogP contribution in [0.3, 0.4) is 0 Å². The average Bonchev–Trinajstić information content (AvgIpc) is 2.46. The maximum absolute atomic E-state index is 10.9. The Morgan fingerprint density at radius 2 is 2.15 bits per heavy atom. The number of nitrogens with zero attached hydrogens (tertiary/aromatic N) is 1. The Balaban J connectivity index is 2.03. The van der Waals surface area contributed by atoms with E-state index in [4.69, 9.17) is 4.74 Å². The molecule has 1 fully saturated rings. The maximum Gasteiger partial charge on any atom is 0.272 e. The van der Waals surface area contributed by atoms with E-state index in [0.29, 0.717) is 12.6 Å².